The number of hydrogen-bond acceptors (Lipinski definition) is 3. The second-order valence-electron chi connectivity index (χ2n) is 3.79. The van der Waals surface area contributed by atoms with Crippen LogP contribution in [0.2, 0.25) is 0 Å². The van der Waals surface area contributed by atoms with Crippen LogP contribution < -0.4 is 10.3 Å². The molecule has 1 aromatic heterocycles. The molecule has 2 rings (SSSR count). The van der Waals surface area contributed by atoms with E-state index >= 15 is 0 Å². The lowest BCUT2D eigenvalue weighted by Crippen LogP contribution is -2.04. The summed E-state index contributed by atoms with van der Waals surface area (Å²) in [6.45, 7) is 1.79. The summed E-state index contributed by atoms with van der Waals surface area (Å²) < 4.78 is 15.5. The molecule has 1 atom stereocenters. The first-order chi connectivity index (χ1) is 7.88. The highest BCUT2D eigenvalue weighted by molar-refractivity contribution is 7.46. The number of benzene rings is 1. The first-order valence-electron chi connectivity index (χ1n) is 4.99. The monoisotopic (exact) mass is 256 g/mol. The van der Waals surface area contributed by atoms with Gasteiger partial charge in [-0.15, -0.1) is 0 Å². The van der Waals surface area contributed by atoms with Crippen LogP contribution in [0.4, 0.5) is 0 Å². The van der Waals surface area contributed by atoms with E-state index in [9.17, 15) is 4.57 Å². The number of H-pyrrole nitrogens is 1. The Morgan fingerprint density at radius 2 is 2.18 bits per heavy atom. The van der Waals surface area contributed by atoms with Gasteiger partial charge in [0.05, 0.1) is 0 Å². The van der Waals surface area contributed by atoms with Gasteiger partial charge in [-0.25, -0.2) is 4.57 Å². The minimum absolute atomic E-state index is 0.129. The summed E-state index contributed by atoms with van der Waals surface area (Å²) in [6.07, 6.45) is 1.71. The smallest absolute Gasteiger partial charge is 0.404 e. The average Bonchev–Trinajstić information content (AvgIpc) is 2.59. The molecule has 2 aromatic rings. The zero-order chi connectivity index (χ0) is 12.6. The Bertz CT molecular complexity index is 587. The van der Waals surface area contributed by atoms with Crippen molar-refractivity contribution in [3.8, 4) is 5.75 Å². The molecule has 1 heterocycles. The lowest BCUT2D eigenvalue weighted by molar-refractivity contribution is 0.284. The number of rotatable bonds is 3. The Kier molecular flexibility index (Phi) is 2.97. The van der Waals surface area contributed by atoms with Gasteiger partial charge in [0.15, 0.2) is 0 Å². The van der Waals surface area contributed by atoms with Crippen molar-refractivity contribution in [1.82, 2.24) is 4.98 Å². The van der Waals surface area contributed by atoms with E-state index < -0.39 is 7.82 Å². The predicted octanol–water partition coefficient (Wildman–Crippen LogP) is 1.66. The number of phosphoric ester groups is 1. The summed E-state index contributed by atoms with van der Waals surface area (Å²) in [4.78, 5) is 20.7. The van der Waals surface area contributed by atoms with Gasteiger partial charge in [-0.2, -0.15) is 0 Å². The van der Waals surface area contributed by atoms with E-state index in [-0.39, 0.29) is 11.8 Å². The largest absolute Gasteiger partial charge is 0.524 e. The van der Waals surface area contributed by atoms with Crippen LogP contribution in [0.3, 0.4) is 0 Å². The van der Waals surface area contributed by atoms with Crippen molar-refractivity contribution >= 4 is 18.7 Å². The quantitative estimate of drug-likeness (QED) is 0.624. The van der Waals surface area contributed by atoms with E-state index in [4.69, 9.17) is 15.5 Å². The van der Waals surface area contributed by atoms with Gasteiger partial charge in [-0.1, -0.05) is 6.07 Å². The highest BCUT2D eigenvalue weighted by Gasteiger charge is 2.20. The molecule has 92 valence electrons. The summed E-state index contributed by atoms with van der Waals surface area (Å²) in [7, 11) is -4.57. The fourth-order valence-electron chi connectivity index (χ4n) is 1.74. The van der Waals surface area contributed by atoms with Crippen LogP contribution >= 0.6 is 7.82 Å². The first kappa shape index (κ1) is 12.1. The van der Waals surface area contributed by atoms with Crippen molar-refractivity contribution in [3.63, 3.8) is 0 Å². The Morgan fingerprint density at radius 1 is 1.47 bits per heavy atom. The van der Waals surface area contributed by atoms with Crippen molar-refractivity contribution in [3.05, 3.63) is 30.0 Å². The molecule has 6 nitrogen and oxygen atoms in total. The predicted molar refractivity (Wildman–Crippen MR) is 63.6 cm³/mol. The van der Waals surface area contributed by atoms with Gasteiger partial charge in [0.1, 0.15) is 5.75 Å². The molecule has 7 heteroatoms. The number of phosphoric acid groups is 1. The molecular weight excluding hydrogens is 243 g/mol. The molecule has 0 aliphatic heterocycles. The van der Waals surface area contributed by atoms with Crippen LogP contribution in [-0.2, 0) is 4.57 Å². The molecule has 0 aliphatic rings. The van der Waals surface area contributed by atoms with Gasteiger partial charge < -0.3 is 15.2 Å². The van der Waals surface area contributed by atoms with Gasteiger partial charge in [-0.05, 0) is 24.6 Å². The molecule has 0 aliphatic carbocycles. The van der Waals surface area contributed by atoms with E-state index in [1.807, 2.05) is 0 Å². The average molecular weight is 256 g/mol. The molecule has 0 radical (unpaired) electrons. The number of aromatic nitrogens is 1. The van der Waals surface area contributed by atoms with E-state index in [0.29, 0.717) is 5.39 Å². The van der Waals surface area contributed by atoms with Gasteiger partial charge in [0, 0.05) is 23.1 Å². The van der Waals surface area contributed by atoms with Crippen molar-refractivity contribution in [2.24, 2.45) is 5.73 Å². The van der Waals surface area contributed by atoms with Crippen molar-refractivity contribution in [2.45, 2.75) is 13.0 Å². The van der Waals surface area contributed by atoms with Gasteiger partial charge in [0.2, 0.25) is 0 Å². The Hall–Kier alpha value is -1.33. The lowest BCUT2D eigenvalue weighted by Gasteiger charge is -2.10. The maximum Gasteiger partial charge on any atom is 0.524 e. The molecule has 0 saturated heterocycles. The first-order valence-corrected chi connectivity index (χ1v) is 6.52. The fourth-order valence-corrected chi connectivity index (χ4v) is 2.15. The van der Waals surface area contributed by atoms with Crippen LogP contribution in [0.15, 0.2) is 24.4 Å². The van der Waals surface area contributed by atoms with Crippen LogP contribution in [-0.4, -0.2) is 14.8 Å². The van der Waals surface area contributed by atoms with Gasteiger partial charge in [0.25, 0.3) is 0 Å². The molecule has 0 saturated carbocycles. The Labute approximate surface area is 97.6 Å². The molecule has 1 unspecified atom stereocenters. The molecule has 0 fully saturated rings. The lowest BCUT2D eigenvalue weighted by atomic mass is 10.1. The van der Waals surface area contributed by atoms with E-state index in [2.05, 4.69) is 9.51 Å². The minimum atomic E-state index is -4.57. The second-order valence-corrected chi connectivity index (χ2v) is 4.96. The summed E-state index contributed by atoms with van der Waals surface area (Å²) in [5.74, 6) is 0.129. The maximum absolute atomic E-state index is 10.9. The van der Waals surface area contributed by atoms with Gasteiger partial charge >= 0.3 is 7.82 Å². The summed E-state index contributed by atoms with van der Waals surface area (Å²) in [6, 6.07) is 4.68. The van der Waals surface area contributed by atoms with E-state index in [0.717, 1.165) is 11.1 Å². The molecular formula is C10H13N2O4P. The topological polar surface area (TPSA) is 109 Å². The van der Waals surface area contributed by atoms with Crippen LogP contribution in [0.25, 0.3) is 10.9 Å². The van der Waals surface area contributed by atoms with E-state index in [1.54, 1.807) is 25.3 Å². The number of nitrogens with two attached hydrogens (primary N) is 1. The summed E-state index contributed by atoms with van der Waals surface area (Å²) >= 11 is 0. The Balaban J connectivity index is 2.62. The number of fused-ring (bicyclic) bond motifs is 1. The van der Waals surface area contributed by atoms with Gasteiger partial charge in [-0.3, -0.25) is 9.79 Å². The van der Waals surface area contributed by atoms with Crippen LogP contribution in [0.1, 0.15) is 18.5 Å². The molecule has 17 heavy (non-hydrogen) atoms. The highest BCUT2D eigenvalue weighted by Crippen LogP contribution is 2.42. The third-order valence-corrected chi connectivity index (χ3v) is 2.84. The Morgan fingerprint density at radius 3 is 2.76 bits per heavy atom. The number of aromatic amines is 1. The van der Waals surface area contributed by atoms with Crippen LogP contribution in [0, 0.1) is 0 Å². The van der Waals surface area contributed by atoms with Crippen molar-refractivity contribution in [1.29, 1.82) is 0 Å². The third-order valence-electron chi connectivity index (χ3n) is 2.41. The zero-order valence-corrected chi connectivity index (χ0v) is 10.0. The molecule has 0 amide bonds. The number of hydrogen-bond donors (Lipinski definition) is 4. The molecule has 5 N–H and O–H groups in total. The second kappa shape index (κ2) is 4.16. The fraction of sp³-hybridized carbons (Fsp3) is 0.200. The molecule has 1 aromatic carbocycles. The zero-order valence-electron chi connectivity index (χ0n) is 9.12. The molecule has 0 bridgehead atoms. The normalized spacial score (nSPS) is 13.9. The maximum atomic E-state index is 10.9. The standard InChI is InChI=1S/C10H13N2O4P/c1-6(11)7-5-12-8-3-2-4-9(10(7)8)16-17(13,14)15/h2-6,12H,11H2,1H3,(H2,13,14,15). The minimum Gasteiger partial charge on any atom is -0.404 e. The van der Waals surface area contributed by atoms with E-state index in [1.165, 1.54) is 6.07 Å². The summed E-state index contributed by atoms with van der Waals surface area (Å²) in [5.41, 5.74) is 7.27. The van der Waals surface area contributed by atoms with Crippen molar-refractivity contribution in [2.75, 3.05) is 0 Å². The van der Waals surface area contributed by atoms with Crippen LogP contribution in [0.5, 0.6) is 5.75 Å². The third kappa shape index (κ3) is 2.50. The summed E-state index contributed by atoms with van der Waals surface area (Å²) in [5, 5.41) is 0.603. The SMILES string of the molecule is CC(N)c1c[nH]c2cccc(OP(=O)(O)O)c12. The highest BCUT2D eigenvalue weighted by atomic mass is 31.2. The van der Waals surface area contributed by atoms with Crippen molar-refractivity contribution < 1.29 is 18.9 Å². The molecule has 0 spiro atoms. The number of nitrogens with one attached hydrogen (secondary N) is 1.